The topological polar surface area (TPSA) is 90.2 Å². The van der Waals surface area contributed by atoms with Gasteiger partial charge in [0.2, 0.25) is 5.91 Å². The van der Waals surface area contributed by atoms with E-state index in [1.807, 2.05) is 6.07 Å². The number of carboxylic acids is 1. The molecule has 1 rings (SSSR count). The maximum Gasteiger partial charge on any atom is 0.307 e. The van der Waals surface area contributed by atoms with E-state index >= 15 is 0 Å². The van der Waals surface area contributed by atoms with Crippen LogP contribution in [0, 0.1) is 17.2 Å². The van der Waals surface area contributed by atoms with Crippen molar-refractivity contribution in [3.05, 3.63) is 29.8 Å². The van der Waals surface area contributed by atoms with Gasteiger partial charge in [-0.3, -0.25) is 9.59 Å². The average molecular weight is 278 g/mol. The van der Waals surface area contributed by atoms with Crippen molar-refractivity contribution in [2.45, 2.75) is 6.92 Å². The number of carbonyl (C=O) groups is 2. The second-order valence-corrected chi connectivity index (χ2v) is 4.99. The zero-order valence-electron chi connectivity index (χ0n) is 10.4. The van der Waals surface area contributed by atoms with E-state index in [1.54, 1.807) is 31.2 Å². The van der Waals surface area contributed by atoms with Crippen molar-refractivity contribution in [2.24, 2.45) is 5.92 Å². The first-order valence-corrected chi connectivity index (χ1v) is 6.79. The summed E-state index contributed by atoms with van der Waals surface area (Å²) in [6.07, 6.45) is 0. The van der Waals surface area contributed by atoms with Crippen LogP contribution in [0.1, 0.15) is 12.5 Å². The largest absolute Gasteiger partial charge is 0.481 e. The van der Waals surface area contributed by atoms with Crippen LogP contribution in [0.5, 0.6) is 0 Å². The molecule has 0 saturated carbocycles. The third-order valence-electron chi connectivity index (χ3n) is 2.34. The van der Waals surface area contributed by atoms with Crippen LogP contribution in [-0.2, 0) is 9.59 Å². The number of rotatable bonds is 6. The van der Waals surface area contributed by atoms with E-state index in [1.165, 1.54) is 11.8 Å². The Morgan fingerprint density at radius 3 is 2.79 bits per heavy atom. The first kappa shape index (κ1) is 15.1. The summed E-state index contributed by atoms with van der Waals surface area (Å²) in [5.41, 5.74) is 0.877. The van der Waals surface area contributed by atoms with Crippen LogP contribution < -0.4 is 5.32 Å². The Kier molecular flexibility index (Phi) is 5.90. The first-order valence-electron chi connectivity index (χ1n) is 5.64. The van der Waals surface area contributed by atoms with E-state index in [-0.39, 0.29) is 11.7 Å². The Morgan fingerprint density at radius 2 is 2.16 bits per heavy atom. The second kappa shape index (κ2) is 7.44. The number of carbonyl (C=O) groups excluding carboxylic acids is 1. The fourth-order valence-electron chi connectivity index (χ4n) is 1.28. The van der Waals surface area contributed by atoms with Gasteiger partial charge in [0.1, 0.15) is 6.07 Å². The van der Waals surface area contributed by atoms with Gasteiger partial charge in [-0.15, -0.1) is 0 Å². The number of aliphatic carboxylic acids is 1. The van der Waals surface area contributed by atoms with Gasteiger partial charge in [0, 0.05) is 5.75 Å². The van der Waals surface area contributed by atoms with Crippen molar-refractivity contribution in [3.63, 3.8) is 0 Å². The van der Waals surface area contributed by atoms with Crippen LogP contribution in [0.25, 0.3) is 0 Å². The summed E-state index contributed by atoms with van der Waals surface area (Å²) in [5, 5.41) is 20.2. The smallest absolute Gasteiger partial charge is 0.307 e. The molecule has 0 aliphatic heterocycles. The number of hydrogen-bond donors (Lipinski definition) is 2. The number of anilines is 1. The number of hydrogen-bond acceptors (Lipinski definition) is 4. The van der Waals surface area contributed by atoms with Crippen LogP contribution in [0.2, 0.25) is 0 Å². The van der Waals surface area contributed by atoms with Crippen molar-refractivity contribution in [2.75, 3.05) is 16.8 Å². The molecule has 0 aliphatic carbocycles. The molecule has 1 unspecified atom stereocenters. The van der Waals surface area contributed by atoms with Gasteiger partial charge in [-0.25, -0.2) is 0 Å². The summed E-state index contributed by atoms with van der Waals surface area (Å²) in [4.78, 5) is 22.2. The molecule has 0 heterocycles. The number of nitriles is 1. The minimum Gasteiger partial charge on any atom is -0.481 e. The minimum atomic E-state index is -0.872. The fourth-order valence-corrected chi connectivity index (χ4v) is 2.15. The predicted octanol–water partition coefficient (Wildman–Crippen LogP) is 1.95. The van der Waals surface area contributed by atoms with Crippen molar-refractivity contribution >= 4 is 29.3 Å². The molecular weight excluding hydrogens is 264 g/mol. The summed E-state index contributed by atoms with van der Waals surface area (Å²) in [6, 6.07) is 8.72. The number of thioether (sulfide) groups is 1. The molecule has 100 valence electrons. The molecule has 0 aliphatic rings. The molecule has 0 fully saturated rings. The molecule has 1 aromatic rings. The molecular formula is C13H14N2O3S. The predicted molar refractivity (Wildman–Crippen MR) is 73.9 cm³/mol. The molecule has 2 N–H and O–H groups in total. The Hall–Kier alpha value is -2.00. The highest BCUT2D eigenvalue weighted by molar-refractivity contribution is 8.00. The quantitative estimate of drug-likeness (QED) is 0.830. The monoisotopic (exact) mass is 278 g/mol. The van der Waals surface area contributed by atoms with Gasteiger partial charge in [-0.05, 0) is 12.1 Å². The Balaban J connectivity index is 2.44. The normalized spacial score (nSPS) is 11.4. The van der Waals surface area contributed by atoms with Crippen molar-refractivity contribution in [1.29, 1.82) is 5.26 Å². The first-order chi connectivity index (χ1) is 9.04. The zero-order valence-corrected chi connectivity index (χ0v) is 11.2. The van der Waals surface area contributed by atoms with Crippen LogP contribution in [0.4, 0.5) is 5.69 Å². The number of benzene rings is 1. The van der Waals surface area contributed by atoms with Crippen LogP contribution in [-0.4, -0.2) is 28.5 Å². The molecule has 5 nitrogen and oxygen atoms in total. The average Bonchev–Trinajstić information content (AvgIpc) is 2.39. The third-order valence-corrected chi connectivity index (χ3v) is 3.55. The third kappa shape index (κ3) is 5.02. The maximum absolute atomic E-state index is 11.6. The van der Waals surface area contributed by atoms with Crippen LogP contribution in [0.15, 0.2) is 24.3 Å². The van der Waals surface area contributed by atoms with Gasteiger partial charge >= 0.3 is 5.97 Å². The molecule has 0 spiro atoms. The molecule has 1 atom stereocenters. The molecule has 1 amide bonds. The molecule has 0 aromatic heterocycles. The fraction of sp³-hybridized carbons (Fsp3) is 0.308. The van der Waals surface area contributed by atoms with E-state index in [0.717, 1.165) is 0 Å². The molecule has 0 bridgehead atoms. The lowest BCUT2D eigenvalue weighted by molar-refractivity contribution is -0.140. The van der Waals surface area contributed by atoms with Gasteiger partial charge < -0.3 is 10.4 Å². The van der Waals surface area contributed by atoms with Crippen molar-refractivity contribution in [3.8, 4) is 6.07 Å². The standard InChI is InChI=1S/C13H14N2O3S/c1-9(13(17)18)7-19-8-12(16)15-11-5-3-2-4-10(11)6-14/h2-5,9H,7-8H2,1H3,(H,15,16)(H,17,18). The summed E-state index contributed by atoms with van der Waals surface area (Å²) in [6.45, 7) is 1.60. The summed E-state index contributed by atoms with van der Waals surface area (Å²) < 4.78 is 0. The minimum absolute atomic E-state index is 0.164. The van der Waals surface area contributed by atoms with E-state index < -0.39 is 11.9 Å². The number of nitrogens with zero attached hydrogens (tertiary/aromatic N) is 1. The maximum atomic E-state index is 11.6. The molecule has 6 heteroatoms. The number of carboxylic acid groups (broad SMARTS) is 1. The summed E-state index contributed by atoms with van der Waals surface area (Å²) >= 11 is 1.25. The van der Waals surface area contributed by atoms with Gasteiger partial charge in [0.05, 0.1) is 22.9 Å². The number of amides is 1. The molecule has 19 heavy (non-hydrogen) atoms. The highest BCUT2D eigenvalue weighted by atomic mass is 32.2. The Bertz CT molecular complexity index is 511. The van der Waals surface area contributed by atoms with E-state index in [9.17, 15) is 9.59 Å². The molecule has 0 radical (unpaired) electrons. The van der Waals surface area contributed by atoms with Crippen molar-refractivity contribution in [1.82, 2.24) is 0 Å². The second-order valence-electron chi connectivity index (χ2n) is 3.96. The van der Waals surface area contributed by atoms with Gasteiger partial charge in [0.15, 0.2) is 0 Å². The van der Waals surface area contributed by atoms with E-state index in [2.05, 4.69) is 5.32 Å². The Labute approximate surface area is 115 Å². The van der Waals surface area contributed by atoms with Gasteiger partial charge in [-0.1, -0.05) is 19.1 Å². The zero-order chi connectivity index (χ0) is 14.3. The summed E-state index contributed by atoms with van der Waals surface area (Å²) in [5.74, 6) is -1.06. The summed E-state index contributed by atoms with van der Waals surface area (Å²) in [7, 11) is 0. The van der Waals surface area contributed by atoms with Crippen molar-refractivity contribution < 1.29 is 14.7 Å². The Morgan fingerprint density at radius 1 is 1.47 bits per heavy atom. The highest BCUT2D eigenvalue weighted by Crippen LogP contribution is 2.15. The highest BCUT2D eigenvalue weighted by Gasteiger charge is 2.12. The lowest BCUT2D eigenvalue weighted by atomic mass is 10.2. The van der Waals surface area contributed by atoms with Gasteiger partial charge in [-0.2, -0.15) is 17.0 Å². The van der Waals surface area contributed by atoms with Crippen LogP contribution in [0.3, 0.4) is 0 Å². The number of para-hydroxylation sites is 1. The SMILES string of the molecule is CC(CSCC(=O)Nc1ccccc1C#N)C(=O)O. The number of nitrogens with one attached hydrogen (secondary N) is 1. The van der Waals surface area contributed by atoms with E-state index in [0.29, 0.717) is 17.0 Å². The molecule has 0 saturated heterocycles. The van der Waals surface area contributed by atoms with E-state index in [4.69, 9.17) is 10.4 Å². The lowest BCUT2D eigenvalue weighted by Gasteiger charge is -2.08. The van der Waals surface area contributed by atoms with Crippen LogP contribution >= 0.6 is 11.8 Å². The molecule has 1 aromatic carbocycles. The van der Waals surface area contributed by atoms with Gasteiger partial charge in [0.25, 0.3) is 0 Å². The lowest BCUT2D eigenvalue weighted by Crippen LogP contribution is -2.17.